The van der Waals surface area contributed by atoms with E-state index in [0.717, 1.165) is 12.0 Å². The summed E-state index contributed by atoms with van der Waals surface area (Å²) in [6, 6.07) is 8.47. The van der Waals surface area contributed by atoms with Crippen molar-refractivity contribution < 1.29 is 28.5 Å². The van der Waals surface area contributed by atoms with Crippen LogP contribution in [0.25, 0.3) is 0 Å². The third kappa shape index (κ3) is 3.85. The molecule has 6 nitrogen and oxygen atoms in total. The van der Waals surface area contributed by atoms with Crippen LogP contribution in [0.1, 0.15) is 77.8 Å². The van der Waals surface area contributed by atoms with E-state index >= 15 is 0 Å². The van der Waals surface area contributed by atoms with E-state index in [2.05, 4.69) is 6.58 Å². The number of methoxy groups -OCH3 is 1. The number of ether oxygens (including phenoxy) is 4. The molecule has 4 rings (SSSR count). The Labute approximate surface area is 188 Å². The molecular formula is C26H28O6. The summed E-state index contributed by atoms with van der Waals surface area (Å²) >= 11 is 0. The SMILES string of the molecule is C=C(C)COc1cc(C2OC(C)CC(C)(C)O2)c(OC)c2c1C(=O)c1ccccc1C2=O. The van der Waals surface area contributed by atoms with Crippen molar-refractivity contribution in [1.29, 1.82) is 0 Å². The third-order valence-electron chi connectivity index (χ3n) is 5.64. The van der Waals surface area contributed by atoms with E-state index in [9.17, 15) is 9.59 Å². The summed E-state index contributed by atoms with van der Waals surface area (Å²) in [4.78, 5) is 27.0. The smallest absolute Gasteiger partial charge is 0.198 e. The summed E-state index contributed by atoms with van der Waals surface area (Å²) in [5.74, 6) is -0.0200. The molecule has 1 aliphatic carbocycles. The van der Waals surface area contributed by atoms with Gasteiger partial charge < -0.3 is 18.9 Å². The molecule has 0 spiro atoms. The average Bonchev–Trinajstić information content (AvgIpc) is 2.73. The van der Waals surface area contributed by atoms with Gasteiger partial charge >= 0.3 is 0 Å². The van der Waals surface area contributed by atoms with Crippen molar-refractivity contribution in [3.8, 4) is 11.5 Å². The first-order valence-electron chi connectivity index (χ1n) is 10.7. The number of hydrogen-bond acceptors (Lipinski definition) is 6. The fourth-order valence-corrected chi connectivity index (χ4v) is 4.41. The van der Waals surface area contributed by atoms with E-state index in [4.69, 9.17) is 18.9 Å². The molecule has 1 saturated heterocycles. The Morgan fingerprint density at radius 1 is 1.16 bits per heavy atom. The van der Waals surface area contributed by atoms with E-state index in [1.807, 2.05) is 27.7 Å². The largest absolute Gasteiger partial charge is 0.495 e. The number of fused-ring (bicyclic) bond motifs is 2. The molecule has 0 amide bonds. The molecule has 2 aromatic carbocycles. The molecule has 2 aromatic rings. The van der Waals surface area contributed by atoms with Gasteiger partial charge in [-0.2, -0.15) is 0 Å². The van der Waals surface area contributed by atoms with Crippen molar-refractivity contribution in [1.82, 2.24) is 0 Å². The van der Waals surface area contributed by atoms with Crippen LogP contribution in [0.15, 0.2) is 42.5 Å². The zero-order valence-corrected chi connectivity index (χ0v) is 19.1. The second kappa shape index (κ2) is 8.19. The summed E-state index contributed by atoms with van der Waals surface area (Å²) in [6.45, 7) is 11.9. The van der Waals surface area contributed by atoms with Crippen LogP contribution >= 0.6 is 0 Å². The lowest BCUT2D eigenvalue weighted by Crippen LogP contribution is -2.39. The van der Waals surface area contributed by atoms with Crippen LogP contribution < -0.4 is 9.47 Å². The third-order valence-corrected chi connectivity index (χ3v) is 5.64. The second-order valence-corrected chi connectivity index (χ2v) is 9.06. The minimum Gasteiger partial charge on any atom is -0.495 e. The van der Waals surface area contributed by atoms with Gasteiger partial charge in [-0.3, -0.25) is 9.59 Å². The standard InChI is InChI=1S/C26H28O6/c1-14(2)13-30-19-11-18(25-31-15(3)12-26(4,5)32-25)24(29-6)21-20(19)22(27)16-9-7-8-10-17(16)23(21)28/h7-11,15,25H,1,12-13H2,2-6H3. The monoisotopic (exact) mass is 436 g/mol. The molecule has 0 bridgehead atoms. The maximum absolute atomic E-state index is 13.6. The van der Waals surface area contributed by atoms with Crippen LogP contribution in [-0.4, -0.2) is 37.0 Å². The fraction of sp³-hybridized carbons (Fsp3) is 0.385. The first-order chi connectivity index (χ1) is 15.1. The van der Waals surface area contributed by atoms with Gasteiger partial charge in [-0.1, -0.05) is 30.8 Å². The van der Waals surface area contributed by atoms with Crippen molar-refractivity contribution in [2.75, 3.05) is 13.7 Å². The Morgan fingerprint density at radius 3 is 2.34 bits per heavy atom. The maximum atomic E-state index is 13.6. The summed E-state index contributed by atoms with van der Waals surface area (Å²) < 4.78 is 24.0. The van der Waals surface area contributed by atoms with Gasteiger partial charge in [0.05, 0.1) is 35.5 Å². The van der Waals surface area contributed by atoms with E-state index in [1.165, 1.54) is 7.11 Å². The van der Waals surface area contributed by atoms with Crippen LogP contribution in [0, 0.1) is 0 Å². The highest BCUT2D eigenvalue weighted by Gasteiger charge is 2.41. The van der Waals surface area contributed by atoms with Crippen molar-refractivity contribution in [2.24, 2.45) is 0 Å². The number of rotatable bonds is 5. The first-order valence-corrected chi connectivity index (χ1v) is 10.7. The molecule has 168 valence electrons. The molecule has 0 aromatic heterocycles. The molecule has 0 radical (unpaired) electrons. The highest BCUT2D eigenvalue weighted by molar-refractivity contribution is 6.30. The predicted molar refractivity (Wildman–Crippen MR) is 120 cm³/mol. The highest BCUT2D eigenvalue weighted by Crippen LogP contribution is 2.46. The molecule has 2 unspecified atom stereocenters. The van der Waals surface area contributed by atoms with Crippen LogP contribution in [0.3, 0.4) is 0 Å². The predicted octanol–water partition coefficient (Wildman–Crippen LogP) is 5.03. The molecule has 2 aliphatic rings. The van der Waals surface area contributed by atoms with Gasteiger partial charge in [0.2, 0.25) is 0 Å². The first kappa shape index (κ1) is 22.2. The molecule has 0 saturated carbocycles. The molecule has 32 heavy (non-hydrogen) atoms. The van der Waals surface area contributed by atoms with Crippen LogP contribution in [-0.2, 0) is 9.47 Å². The van der Waals surface area contributed by atoms with E-state index in [0.29, 0.717) is 16.7 Å². The second-order valence-electron chi connectivity index (χ2n) is 9.06. The van der Waals surface area contributed by atoms with E-state index in [-0.39, 0.29) is 46.9 Å². The Kier molecular flexibility index (Phi) is 5.69. The Bertz CT molecular complexity index is 1110. The number of carbonyl (C=O) groups excluding carboxylic acids is 2. The van der Waals surface area contributed by atoms with Gasteiger partial charge in [0, 0.05) is 17.5 Å². The summed E-state index contributed by atoms with van der Waals surface area (Å²) in [5, 5.41) is 0. The van der Waals surface area contributed by atoms with E-state index in [1.54, 1.807) is 30.3 Å². The zero-order chi connectivity index (χ0) is 23.2. The lowest BCUT2D eigenvalue weighted by atomic mass is 9.81. The molecule has 0 N–H and O–H groups in total. The number of carbonyl (C=O) groups is 2. The van der Waals surface area contributed by atoms with Crippen molar-refractivity contribution in [3.63, 3.8) is 0 Å². The fourth-order valence-electron chi connectivity index (χ4n) is 4.41. The maximum Gasteiger partial charge on any atom is 0.198 e. The Hall–Kier alpha value is -2.96. The minimum absolute atomic E-state index is 0.0673. The van der Waals surface area contributed by atoms with Gasteiger partial charge in [-0.15, -0.1) is 0 Å². The quantitative estimate of drug-likeness (QED) is 0.523. The van der Waals surface area contributed by atoms with Gasteiger partial charge in [-0.05, 0) is 39.3 Å². The van der Waals surface area contributed by atoms with E-state index < -0.39 is 11.9 Å². The number of ketones is 2. The topological polar surface area (TPSA) is 71.1 Å². The Balaban J connectivity index is 1.95. The normalized spacial score (nSPS) is 21.5. The lowest BCUT2D eigenvalue weighted by molar-refractivity contribution is -0.274. The number of hydrogen-bond donors (Lipinski definition) is 0. The summed E-state index contributed by atoms with van der Waals surface area (Å²) in [6.07, 6.45) is -0.121. The van der Waals surface area contributed by atoms with Crippen LogP contribution in [0.5, 0.6) is 11.5 Å². The molecule has 1 heterocycles. The molecule has 1 aliphatic heterocycles. The lowest BCUT2D eigenvalue weighted by Gasteiger charge is -2.40. The molecule has 2 atom stereocenters. The average molecular weight is 437 g/mol. The van der Waals surface area contributed by atoms with Crippen molar-refractivity contribution in [2.45, 2.75) is 52.1 Å². The van der Waals surface area contributed by atoms with Gasteiger partial charge in [0.1, 0.15) is 18.1 Å². The summed E-state index contributed by atoms with van der Waals surface area (Å²) in [7, 11) is 1.48. The van der Waals surface area contributed by atoms with Gasteiger partial charge in [0.15, 0.2) is 17.9 Å². The molecular weight excluding hydrogens is 408 g/mol. The van der Waals surface area contributed by atoms with Crippen molar-refractivity contribution in [3.05, 3.63) is 70.3 Å². The van der Waals surface area contributed by atoms with Crippen molar-refractivity contribution >= 4 is 11.6 Å². The van der Waals surface area contributed by atoms with Gasteiger partial charge in [0.25, 0.3) is 0 Å². The molecule has 6 heteroatoms. The van der Waals surface area contributed by atoms with Gasteiger partial charge in [-0.25, -0.2) is 0 Å². The molecule has 1 fully saturated rings. The summed E-state index contributed by atoms with van der Waals surface area (Å²) in [5.41, 5.74) is 1.92. The number of benzene rings is 2. The van der Waals surface area contributed by atoms with Crippen LogP contribution in [0.4, 0.5) is 0 Å². The van der Waals surface area contributed by atoms with Crippen LogP contribution in [0.2, 0.25) is 0 Å². The minimum atomic E-state index is -0.777. The Morgan fingerprint density at radius 2 is 1.78 bits per heavy atom. The zero-order valence-electron chi connectivity index (χ0n) is 19.1. The highest BCUT2D eigenvalue weighted by atomic mass is 16.7.